The van der Waals surface area contributed by atoms with Crippen LogP contribution in [0, 0.1) is 0 Å². The van der Waals surface area contributed by atoms with Crippen molar-refractivity contribution in [1.82, 2.24) is 4.90 Å². The average molecular weight is 366 g/mol. The van der Waals surface area contributed by atoms with Gasteiger partial charge in [0.2, 0.25) is 0 Å². The van der Waals surface area contributed by atoms with Gasteiger partial charge >= 0.3 is 0 Å². The van der Waals surface area contributed by atoms with E-state index in [-0.39, 0.29) is 9.92 Å². The lowest BCUT2D eigenvalue weighted by Crippen LogP contribution is -2.44. The molecule has 0 saturated carbocycles. The first-order chi connectivity index (χ1) is 11.5. The number of hydrogen-bond acceptors (Lipinski definition) is 4. The van der Waals surface area contributed by atoms with Gasteiger partial charge in [0.05, 0.1) is 5.02 Å². The van der Waals surface area contributed by atoms with E-state index in [1.165, 1.54) is 6.07 Å². The molecular formula is C17H20ClN3O2S. The first kappa shape index (κ1) is 17.1. The minimum Gasteiger partial charge on any atom is -0.369 e. The summed E-state index contributed by atoms with van der Waals surface area (Å²) in [7, 11) is -1.58. The second-order valence-corrected chi connectivity index (χ2v) is 7.93. The Hall–Kier alpha value is -1.76. The predicted octanol–water partition coefficient (Wildman–Crippen LogP) is 2.89. The van der Waals surface area contributed by atoms with Gasteiger partial charge in [-0.1, -0.05) is 23.7 Å². The van der Waals surface area contributed by atoms with E-state index >= 15 is 0 Å². The molecule has 1 heterocycles. The molecule has 0 bridgehead atoms. The van der Waals surface area contributed by atoms with Crippen molar-refractivity contribution >= 4 is 33.0 Å². The molecule has 0 amide bonds. The molecule has 1 aliphatic rings. The highest BCUT2D eigenvalue weighted by Gasteiger charge is 2.18. The normalized spacial score (nSPS) is 16.2. The Morgan fingerprint density at radius 3 is 2.21 bits per heavy atom. The number of hydrogen-bond donors (Lipinski definition) is 1. The van der Waals surface area contributed by atoms with Crippen LogP contribution in [0.2, 0.25) is 5.02 Å². The van der Waals surface area contributed by atoms with Gasteiger partial charge in [0, 0.05) is 37.6 Å². The lowest BCUT2D eigenvalue weighted by Gasteiger charge is -2.34. The Bertz CT molecular complexity index is 801. The number of sulfonamides is 1. The van der Waals surface area contributed by atoms with E-state index in [9.17, 15) is 8.42 Å². The van der Waals surface area contributed by atoms with E-state index in [4.69, 9.17) is 11.6 Å². The summed E-state index contributed by atoms with van der Waals surface area (Å²) in [5.41, 5.74) is 1.62. The van der Waals surface area contributed by atoms with Crippen LogP contribution in [0.4, 0.5) is 11.4 Å². The highest BCUT2D eigenvalue weighted by atomic mass is 35.5. The summed E-state index contributed by atoms with van der Waals surface area (Å²) in [5, 5.41) is 0.207. The third kappa shape index (κ3) is 3.83. The minimum absolute atomic E-state index is 0.0785. The van der Waals surface area contributed by atoms with Crippen molar-refractivity contribution in [2.75, 3.05) is 42.8 Å². The van der Waals surface area contributed by atoms with E-state index in [2.05, 4.69) is 21.6 Å². The second kappa shape index (κ2) is 7.01. The van der Waals surface area contributed by atoms with Crippen LogP contribution in [-0.4, -0.2) is 46.5 Å². The smallest absolute Gasteiger partial charge is 0.263 e. The molecule has 1 aliphatic heterocycles. The summed E-state index contributed by atoms with van der Waals surface area (Å²) < 4.78 is 27.4. The lowest BCUT2D eigenvalue weighted by atomic mass is 10.2. The first-order valence-electron chi connectivity index (χ1n) is 7.77. The molecule has 0 atom stereocenters. The topological polar surface area (TPSA) is 52.6 Å². The van der Waals surface area contributed by atoms with Gasteiger partial charge in [0.25, 0.3) is 10.0 Å². The van der Waals surface area contributed by atoms with Gasteiger partial charge in [-0.05, 0) is 43.4 Å². The molecule has 24 heavy (non-hydrogen) atoms. The van der Waals surface area contributed by atoms with Crippen LogP contribution in [0.3, 0.4) is 0 Å². The maximum Gasteiger partial charge on any atom is 0.263 e. The summed E-state index contributed by atoms with van der Waals surface area (Å²) in [5.74, 6) is 0. The van der Waals surface area contributed by atoms with E-state index < -0.39 is 10.0 Å². The zero-order valence-corrected chi connectivity index (χ0v) is 15.0. The van der Waals surface area contributed by atoms with Crippen molar-refractivity contribution < 1.29 is 8.42 Å². The number of anilines is 2. The van der Waals surface area contributed by atoms with E-state index in [1.807, 2.05) is 12.1 Å². The first-order valence-corrected chi connectivity index (χ1v) is 9.63. The Labute approximate surface area is 147 Å². The maximum atomic E-state index is 12.4. The Kier molecular flexibility index (Phi) is 4.99. The molecule has 5 nitrogen and oxygen atoms in total. The summed E-state index contributed by atoms with van der Waals surface area (Å²) in [6, 6.07) is 13.8. The molecule has 0 aromatic heterocycles. The minimum atomic E-state index is -3.69. The Morgan fingerprint density at radius 1 is 0.958 bits per heavy atom. The van der Waals surface area contributed by atoms with E-state index in [0.29, 0.717) is 5.69 Å². The third-order valence-corrected chi connectivity index (χ3v) is 6.00. The van der Waals surface area contributed by atoms with Gasteiger partial charge in [0.15, 0.2) is 0 Å². The van der Waals surface area contributed by atoms with Gasteiger partial charge in [0.1, 0.15) is 4.90 Å². The van der Waals surface area contributed by atoms with Crippen molar-refractivity contribution in [2.45, 2.75) is 4.90 Å². The molecule has 3 rings (SSSR count). The van der Waals surface area contributed by atoms with Crippen LogP contribution in [-0.2, 0) is 10.0 Å². The molecule has 2 aromatic rings. The molecule has 128 valence electrons. The number of piperazine rings is 1. The van der Waals surface area contributed by atoms with Crippen LogP contribution in [0.25, 0.3) is 0 Å². The third-order valence-electron chi connectivity index (χ3n) is 4.11. The van der Waals surface area contributed by atoms with E-state index in [1.54, 1.807) is 30.3 Å². The Balaban J connectivity index is 1.73. The number of nitrogens with zero attached hydrogens (tertiary/aromatic N) is 2. The molecule has 2 aromatic carbocycles. The lowest BCUT2D eigenvalue weighted by molar-refractivity contribution is 0.313. The molecule has 0 spiro atoms. The van der Waals surface area contributed by atoms with Crippen LogP contribution in [0.15, 0.2) is 53.4 Å². The molecule has 0 radical (unpaired) electrons. The van der Waals surface area contributed by atoms with Crippen molar-refractivity contribution in [3.05, 3.63) is 53.6 Å². The molecule has 1 N–H and O–H groups in total. The number of halogens is 1. The summed E-state index contributed by atoms with van der Waals surface area (Å²) >= 11 is 5.98. The quantitative estimate of drug-likeness (QED) is 0.905. The van der Waals surface area contributed by atoms with E-state index in [0.717, 1.165) is 31.9 Å². The Morgan fingerprint density at radius 2 is 1.58 bits per heavy atom. The fourth-order valence-electron chi connectivity index (χ4n) is 2.68. The monoisotopic (exact) mass is 365 g/mol. The highest BCUT2D eigenvalue weighted by molar-refractivity contribution is 7.92. The van der Waals surface area contributed by atoms with Gasteiger partial charge < -0.3 is 9.80 Å². The molecule has 0 aliphatic carbocycles. The highest BCUT2D eigenvalue weighted by Crippen LogP contribution is 2.25. The zero-order valence-electron chi connectivity index (χ0n) is 13.4. The SMILES string of the molecule is CN1CCN(c2ccc(NS(=O)(=O)c3ccccc3Cl)cc2)CC1. The molecule has 1 saturated heterocycles. The zero-order chi connectivity index (χ0) is 17.2. The van der Waals surface area contributed by atoms with Gasteiger partial charge in [-0.3, -0.25) is 4.72 Å². The number of nitrogens with one attached hydrogen (secondary N) is 1. The standard InChI is InChI=1S/C17H20ClN3O2S/c1-20-10-12-21(13-11-20)15-8-6-14(7-9-15)19-24(22,23)17-5-3-2-4-16(17)18/h2-9,19H,10-13H2,1H3. The second-order valence-electron chi connectivity index (χ2n) is 5.87. The fourth-order valence-corrected chi connectivity index (χ4v) is 4.26. The van der Waals surface area contributed by atoms with Gasteiger partial charge in [-0.2, -0.15) is 0 Å². The van der Waals surface area contributed by atoms with Crippen molar-refractivity contribution in [3.8, 4) is 0 Å². The van der Waals surface area contributed by atoms with Gasteiger partial charge in [-0.15, -0.1) is 0 Å². The molecular weight excluding hydrogens is 346 g/mol. The number of rotatable bonds is 4. The summed E-state index contributed by atoms with van der Waals surface area (Å²) in [6.07, 6.45) is 0. The van der Waals surface area contributed by atoms with Crippen LogP contribution in [0.1, 0.15) is 0 Å². The van der Waals surface area contributed by atoms with Crippen molar-refractivity contribution in [2.24, 2.45) is 0 Å². The maximum absolute atomic E-state index is 12.4. The van der Waals surface area contributed by atoms with Crippen molar-refractivity contribution in [3.63, 3.8) is 0 Å². The largest absolute Gasteiger partial charge is 0.369 e. The van der Waals surface area contributed by atoms with Crippen LogP contribution in [0.5, 0.6) is 0 Å². The number of benzene rings is 2. The molecule has 0 unspecified atom stereocenters. The summed E-state index contributed by atoms with van der Waals surface area (Å²) in [6.45, 7) is 4.00. The number of likely N-dealkylation sites (N-methyl/N-ethyl adjacent to an activating group) is 1. The molecule has 7 heteroatoms. The van der Waals surface area contributed by atoms with Crippen LogP contribution < -0.4 is 9.62 Å². The van der Waals surface area contributed by atoms with Crippen molar-refractivity contribution in [1.29, 1.82) is 0 Å². The van der Waals surface area contributed by atoms with Crippen LogP contribution >= 0.6 is 11.6 Å². The predicted molar refractivity (Wildman–Crippen MR) is 98.4 cm³/mol. The summed E-state index contributed by atoms with van der Waals surface area (Å²) in [4.78, 5) is 4.67. The average Bonchev–Trinajstić information content (AvgIpc) is 2.56. The van der Waals surface area contributed by atoms with Gasteiger partial charge in [-0.25, -0.2) is 8.42 Å². The molecule has 1 fully saturated rings. The fraction of sp³-hybridized carbons (Fsp3) is 0.294.